The largest absolute Gasteiger partial charge is 0.872 e. The summed E-state index contributed by atoms with van der Waals surface area (Å²) in [4.78, 5) is 15.0. The molecule has 0 atom stereocenters. The highest BCUT2D eigenvalue weighted by atomic mass is 16.5. The van der Waals surface area contributed by atoms with Crippen molar-refractivity contribution in [1.29, 1.82) is 0 Å². The number of nitrogens with zero attached hydrogens (tertiary/aromatic N) is 1. The second-order valence-corrected chi connectivity index (χ2v) is 7.37. The lowest BCUT2D eigenvalue weighted by Gasteiger charge is -2.25. The molecule has 0 aliphatic carbocycles. The maximum atomic E-state index is 12.7. The zero-order valence-corrected chi connectivity index (χ0v) is 17.1. The summed E-state index contributed by atoms with van der Waals surface area (Å²) in [5.41, 5.74) is 1.68. The highest BCUT2D eigenvalue weighted by molar-refractivity contribution is 5.85. The summed E-state index contributed by atoms with van der Waals surface area (Å²) in [5, 5.41) is 15.3. The first-order valence-electron chi connectivity index (χ1n) is 10.2. The van der Waals surface area contributed by atoms with E-state index in [0.717, 1.165) is 56.1 Å². The fourth-order valence-electron chi connectivity index (χ4n) is 3.73. The van der Waals surface area contributed by atoms with E-state index in [1.165, 1.54) is 0 Å². The number of nitrogens with two attached hydrogens (primary N) is 1. The van der Waals surface area contributed by atoms with Crippen molar-refractivity contribution < 1.29 is 24.3 Å². The predicted octanol–water partition coefficient (Wildman–Crippen LogP) is 0.938. The number of benzene rings is 2. The number of hydrogen-bond acceptors (Lipinski definition) is 6. The van der Waals surface area contributed by atoms with Crippen LogP contribution in [0.1, 0.15) is 5.56 Å². The van der Waals surface area contributed by atoms with Crippen LogP contribution in [0.25, 0.3) is 22.1 Å². The smallest absolute Gasteiger partial charge is 0.344 e. The van der Waals surface area contributed by atoms with Crippen molar-refractivity contribution in [2.75, 3.05) is 46.5 Å². The fraction of sp³-hybridized carbons (Fsp3) is 0.348. The number of fused-ring (bicyclic) bond motifs is 1. The van der Waals surface area contributed by atoms with Gasteiger partial charge in [-0.3, -0.25) is 4.90 Å². The van der Waals surface area contributed by atoms with Gasteiger partial charge in [0.1, 0.15) is 17.9 Å². The Morgan fingerprint density at radius 1 is 1.13 bits per heavy atom. The van der Waals surface area contributed by atoms with Crippen molar-refractivity contribution in [3.63, 3.8) is 0 Å². The normalized spacial score (nSPS) is 14.8. The molecule has 2 heterocycles. The van der Waals surface area contributed by atoms with E-state index in [1.54, 1.807) is 37.4 Å². The summed E-state index contributed by atoms with van der Waals surface area (Å²) in [6.07, 6.45) is 0. The van der Waals surface area contributed by atoms with Crippen LogP contribution < -0.4 is 20.8 Å². The molecule has 2 aromatic carbocycles. The van der Waals surface area contributed by atoms with E-state index in [1.807, 2.05) is 12.1 Å². The average Bonchev–Trinajstić information content (AvgIpc) is 2.78. The Morgan fingerprint density at radius 3 is 2.63 bits per heavy atom. The van der Waals surface area contributed by atoms with E-state index in [4.69, 9.17) is 13.9 Å². The van der Waals surface area contributed by atoms with Crippen molar-refractivity contribution in [1.82, 2.24) is 4.90 Å². The van der Waals surface area contributed by atoms with Gasteiger partial charge in [-0.1, -0.05) is 30.0 Å². The third-order valence-corrected chi connectivity index (χ3v) is 5.47. The molecular weight excluding hydrogens is 384 g/mol. The van der Waals surface area contributed by atoms with Gasteiger partial charge in [-0.15, -0.1) is 0 Å². The number of morpholine rings is 1. The first kappa shape index (κ1) is 20.4. The first-order chi connectivity index (χ1) is 14.7. The highest BCUT2D eigenvalue weighted by Gasteiger charge is 2.14. The van der Waals surface area contributed by atoms with Crippen LogP contribution >= 0.6 is 0 Å². The molecule has 7 nitrogen and oxygen atoms in total. The third kappa shape index (κ3) is 4.48. The number of methoxy groups -OCH3 is 1. The van der Waals surface area contributed by atoms with Crippen LogP contribution in [-0.4, -0.2) is 51.4 Å². The van der Waals surface area contributed by atoms with Gasteiger partial charge in [-0.05, 0) is 23.8 Å². The van der Waals surface area contributed by atoms with Crippen molar-refractivity contribution in [2.24, 2.45) is 0 Å². The van der Waals surface area contributed by atoms with Crippen molar-refractivity contribution in [2.45, 2.75) is 6.54 Å². The minimum Gasteiger partial charge on any atom is -0.872 e. The molecule has 3 aromatic rings. The summed E-state index contributed by atoms with van der Waals surface area (Å²) in [6, 6.07) is 12.3. The lowest BCUT2D eigenvalue weighted by molar-refractivity contribution is -0.670. The monoisotopic (exact) mass is 410 g/mol. The van der Waals surface area contributed by atoms with Crippen molar-refractivity contribution in [3.8, 4) is 22.6 Å². The van der Waals surface area contributed by atoms with E-state index in [-0.39, 0.29) is 5.75 Å². The second kappa shape index (κ2) is 9.30. The number of ether oxygens (including phenoxy) is 2. The Balaban J connectivity index is 1.53. The fourth-order valence-corrected chi connectivity index (χ4v) is 3.73. The lowest BCUT2D eigenvalue weighted by atomic mass is 10.0. The van der Waals surface area contributed by atoms with Crippen molar-refractivity contribution in [3.05, 3.63) is 58.4 Å². The van der Waals surface area contributed by atoms with Gasteiger partial charge in [0.25, 0.3) is 0 Å². The molecule has 30 heavy (non-hydrogen) atoms. The topological polar surface area (TPSA) is 91.6 Å². The van der Waals surface area contributed by atoms with Gasteiger partial charge >= 0.3 is 5.63 Å². The molecule has 0 unspecified atom stereocenters. The van der Waals surface area contributed by atoms with Gasteiger partial charge in [-0.25, -0.2) is 4.79 Å². The average molecular weight is 410 g/mol. The molecule has 2 N–H and O–H groups in total. The van der Waals surface area contributed by atoms with Crippen LogP contribution in [-0.2, 0) is 11.3 Å². The lowest BCUT2D eigenvalue weighted by Crippen LogP contribution is -2.84. The Kier molecular flexibility index (Phi) is 6.32. The zero-order chi connectivity index (χ0) is 20.9. The number of rotatable bonds is 7. The number of hydrogen-bond donors (Lipinski definition) is 1. The highest BCUT2D eigenvalue weighted by Crippen LogP contribution is 2.27. The molecule has 7 heteroatoms. The molecule has 0 saturated carbocycles. The van der Waals surface area contributed by atoms with Gasteiger partial charge in [0, 0.05) is 30.6 Å². The molecule has 0 amide bonds. The van der Waals surface area contributed by atoms with Gasteiger partial charge in [0.2, 0.25) is 0 Å². The molecule has 158 valence electrons. The van der Waals surface area contributed by atoms with Crippen LogP contribution in [0.15, 0.2) is 51.7 Å². The van der Waals surface area contributed by atoms with E-state index in [2.05, 4.69) is 10.2 Å². The van der Waals surface area contributed by atoms with Crippen LogP contribution in [0.2, 0.25) is 0 Å². The SMILES string of the molecule is COc1ccc(-c2cc3ccc([O-])c(C[NH2+]CCN4CCOCC4)c3oc2=O)cc1. The third-order valence-electron chi connectivity index (χ3n) is 5.47. The Morgan fingerprint density at radius 2 is 1.90 bits per heavy atom. The van der Waals surface area contributed by atoms with Crippen LogP contribution in [0, 0.1) is 0 Å². The Hall–Kier alpha value is -2.87. The standard InChI is InChI=1S/C23H26N2O5/c1-28-18-5-2-16(3-6-18)19-14-17-4-7-21(26)20(22(17)30-23(19)27)15-24-8-9-25-10-12-29-13-11-25/h2-7,14,24,26H,8-13,15H2,1H3. The summed E-state index contributed by atoms with van der Waals surface area (Å²) >= 11 is 0. The molecule has 0 spiro atoms. The summed E-state index contributed by atoms with van der Waals surface area (Å²) in [7, 11) is 1.60. The van der Waals surface area contributed by atoms with E-state index < -0.39 is 5.63 Å². The quantitative estimate of drug-likeness (QED) is 0.460. The van der Waals surface area contributed by atoms with Gasteiger partial charge in [0.15, 0.2) is 0 Å². The van der Waals surface area contributed by atoms with Gasteiger partial charge in [-0.2, -0.15) is 0 Å². The van der Waals surface area contributed by atoms with Gasteiger partial charge < -0.3 is 24.3 Å². The van der Waals surface area contributed by atoms with Gasteiger partial charge in [0.05, 0.1) is 32.4 Å². The zero-order valence-electron chi connectivity index (χ0n) is 17.1. The van der Waals surface area contributed by atoms with Crippen LogP contribution in [0.3, 0.4) is 0 Å². The van der Waals surface area contributed by atoms with Crippen LogP contribution in [0.5, 0.6) is 11.5 Å². The van der Waals surface area contributed by atoms with Crippen LogP contribution in [0.4, 0.5) is 0 Å². The second-order valence-electron chi connectivity index (χ2n) is 7.37. The summed E-state index contributed by atoms with van der Waals surface area (Å²) < 4.78 is 16.2. The molecule has 1 aliphatic rings. The van der Waals surface area contributed by atoms with E-state index >= 15 is 0 Å². The minimum atomic E-state index is -0.451. The molecule has 1 aliphatic heterocycles. The molecule has 1 aromatic heterocycles. The predicted molar refractivity (Wildman–Crippen MR) is 112 cm³/mol. The summed E-state index contributed by atoms with van der Waals surface area (Å²) in [6.45, 7) is 5.71. The Labute approximate surface area is 174 Å². The first-order valence-corrected chi connectivity index (χ1v) is 10.2. The molecule has 1 saturated heterocycles. The Bertz CT molecular complexity index is 1060. The summed E-state index contributed by atoms with van der Waals surface area (Å²) in [5.74, 6) is 0.611. The minimum absolute atomic E-state index is 0.106. The molecule has 0 radical (unpaired) electrons. The maximum absolute atomic E-state index is 12.7. The van der Waals surface area contributed by atoms with Crippen molar-refractivity contribution >= 4 is 11.0 Å². The number of quaternary nitrogens is 1. The molecular formula is C23H26N2O5. The van der Waals surface area contributed by atoms with E-state index in [9.17, 15) is 9.90 Å². The maximum Gasteiger partial charge on any atom is 0.344 e. The van der Waals surface area contributed by atoms with E-state index in [0.29, 0.717) is 23.3 Å². The molecule has 1 fully saturated rings. The molecule has 4 rings (SSSR count). The molecule has 0 bridgehead atoms.